The van der Waals surface area contributed by atoms with Crippen LogP contribution in [-0.2, 0) is 0 Å². The van der Waals surface area contributed by atoms with Crippen molar-refractivity contribution in [1.82, 2.24) is 0 Å². The highest BCUT2D eigenvalue weighted by molar-refractivity contribution is 6.28. The van der Waals surface area contributed by atoms with Crippen LogP contribution in [0.25, 0.3) is 32.3 Å². The number of non-ortho nitro benzene ring substituents is 2. The fraction of sp³-hybridized carbons (Fsp3) is 0.500. The first-order valence-corrected chi connectivity index (χ1v) is 23.0. The summed E-state index contributed by atoms with van der Waals surface area (Å²) < 4.78 is 38.6. The van der Waals surface area contributed by atoms with Crippen LogP contribution in [0, 0.1) is 20.2 Å². The summed E-state index contributed by atoms with van der Waals surface area (Å²) in [6, 6.07) is 14.3. The van der Waals surface area contributed by atoms with Gasteiger partial charge in [-0.2, -0.15) is 0 Å². The number of esters is 1. The lowest BCUT2D eigenvalue weighted by Crippen LogP contribution is -2.11. The van der Waals surface area contributed by atoms with Gasteiger partial charge in [0.05, 0.1) is 54.5 Å². The van der Waals surface area contributed by atoms with E-state index >= 15 is 0 Å². The average molecular weight is 869 g/mol. The number of hydrogen-bond donors (Lipinski definition) is 0. The lowest BCUT2D eigenvalue weighted by molar-refractivity contribution is -0.394. The SMILES string of the molecule is CCCCCOc1cc2c(cc1OCCCCC)c1ccc(OCCCCC)c(OCCCCC)c1c1cc(OCCCCC)c(OC(=O)c3cc([N+](=O)[O-])cc([N+](=O)[O-])c3)cc21. The normalized spacial score (nSPS) is 11.3. The van der Waals surface area contributed by atoms with Gasteiger partial charge in [-0.1, -0.05) is 98.8 Å². The first-order valence-electron chi connectivity index (χ1n) is 23.0. The van der Waals surface area contributed by atoms with E-state index in [2.05, 4.69) is 40.7 Å². The van der Waals surface area contributed by atoms with Crippen molar-refractivity contribution < 1.29 is 43.1 Å². The number of unbranched alkanes of at least 4 members (excludes halogenated alkanes) is 10. The fourth-order valence-electron chi connectivity index (χ4n) is 7.47. The van der Waals surface area contributed by atoms with E-state index < -0.39 is 27.2 Å². The molecule has 0 saturated heterocycles. The molecule has 0 saturated carbocycles. The third-order valence-corrected chi connectivity index (χ3v) is 10.9. The lowest BCUT2D eigenvalue weighted by atomic mass is 9.92. The molecule has 0 N–H and O–H groups in total. The second kappa shape index (κ2) is 24.7. The van der Waals surface area contributed by atoms with Crippen molar-refractivity contribution in [2.45, 2.75) is 131 Å². The Morgan fingerprint density at radius 3 is 1.29 bits per heavy atom. The van der Waals surface area contributed by atoms with Gasteiger partial charge < -0.3 is 28.4 Å². The number of benzene rings is 5. The standard InChI is InChI=1S/C50H64N2O11/c1-6-11-16-23-58-43-22-21-38-39-31-44(59-24-17-12-7-2)45(60-25-18-13-8-3)32-40(39)41-33-47(63-50(53)35-28-36(51(54)55)30-37(29-35)52(56)57)46(61-26-19-14-9-4)34-42(41)48(38)49(43)62-27-20-15-10-5/h21-22,28-34H,6-20,23-27H2,1-5H3. The molecule has 0 atom stereocenters. The topological polar surface area (TPSA) is 159 Å². The molecule has 5 aromatic carbocycles. The van der Waals surface area contributed by atoms with Gasteiger partial charge in [0.2, 0.25) is 0 Å². The summed E-state index contributed by atoms with van der Waals surface area (Å²) >= 11 is 0. The Bertz CT molecular complexity index is 2280. The Hall–Kier alpha value is -5.85. The zero-order chi connectivity index (χ0) is 45.1. The predicted molar refractivity (Wildman–Crippen MR) is 249 cm³/mol. The molecule has 0 aromatic heterocycles. The van der Waals surface area contributed by atoms with Gasteiger partial charge >= 0.3 is 5.97 Å². The summed E-state index contributed by atoms with van der Waals surface area (Å²) in [7, 11) is 0. The van der Waals surface area contributed by atoms with Crippen LogP contribution in [0.3, 0.4) is 0 Å². The van der Waals surface area contributed by atoms with E-state index in [9.17, 15) is 25.0 Å². The molecule has 0 radical (unpaired) electrons. The van der Waals surface area contributed by atoms with E-state index in [1.807, 2.05) is 24.3 Å². The molecule has 5 aromatic rings. The van der Waals surface area contributed by atoms with Gasteiger partial charge in [0.15, 0.2) is 34.5 Å². The van der Waals surface area contributed by atoms with Gasteiger partial charge in [-0.3, -0.25) is 20.2 Å². The molecular formula is C50H64N2O11. The number of nitrogens with zero attached hydrogens (tertiary/aromatic N) is 2. The Labute approximate surface area is 370 Å². The van der Waals surface area contributed by atoms with Gasteiger partial charge in [0, 0.05) is 17.5 Å². The minimum atomic E-state index is -1.02. The molecular weight excluding hydrogens is 805 g/mol. The van der Waals surface area contributed by atoms with Crippen molar-refractivity contribution in [3.63, 3.8) is 0 Å². The molecule has 13 heteroatoms. The van der Waals surface area contributed by atoms with E-state index in [0.717, 1.165) is 141 Å². The third kappa shape index (κ3) is 12.9. The smallest absolute Gasteiger partial charge is 0.344 e. The van der Waals surface area contributed by atoms with Crippen LogP contribution in [0.5, 0.6) is 34.5 Å². The van der Waals surface area contributed by atoms with Crippen LogP contribution in [0.4, 0.5) is 11.4 Å². The van der Waals surface area contributed by atoms with E-state index in [1.165, 1.54) is 0 Å². The van der Waals surface area contributed by atoms with Crippen LogP contribution in [0.2, 0.25) is 0 Å². The number of nitro benzene ring substituents is 2. The first kappa shape index (κ1) is 48.2. The molecule has 63 heavy (non-hydrogen) atoms. The maximum absolute atomic E-state index is 13.9. The van der Waals surface area contributed by atoms with Gasteiger partial charge in [0.1, 0.15) is 0 Å². The molecule has 0 bridgehead atoms. The number of rotatable bonds is 29. The van der Waals surface area contributed by atoms with Crippen molar-refractivity contribution in [2.24, 2.45) is 0 Å². The van der Waals surface area contributed by atoms with Crippen LogP contribution < -0.4 is 28.4 Å². The van der Waals surface area contributed by atoms with Gasteiger partial charge in [0.25, 0.3) is 11.4 Å². The average Bonchev–Trinajstić information content (AvgIpc) is 3.28. The van der Waals surface area contributed by atoms with E-state index in [1.54, 1.807) is 6.07 Å². The van der Waals surface area contributed by atoms with Crippen molar-refractivity contribution in [1.29, 1.82) is 0 Å². The molecule has 0 amide bonds. The molecule has 13 nitrogen and oxygen atoms in total. The highest BCUT2D eigenvalue weighted by Gasteiger charge is 2.25. The molecule has 0 unspecified atom stereocenters. The highest BCUT2D eigenvalue weighted by Crippen LogP contribution is 2.49. The van der Waals surface area contributed by atoms with Gasteiger partial charge in [-0.05, 0) is 95.4 Å². The molecule has 340 valence electrons. The zero-order valence-electron chi connectivity index (χ0n) is 37.7. The quantitative estimate of drug-likeness (QED) is 0.0112. The molecule has 0 aliphatic heterocycles. The summed E-state index contributed by atoms with van der Waals surface area (Å²) in [6.07, 6.45) is 14.3. The number of carbonyl (C=O) groups is 1. The molecule has 5 rings (SSSR count). The second-order valence-electron chi connectivity index (χ2n) is 15.9. The van der Waals surface area contributed by atoms with E-state index in [4.69, 9.17) is 28.4 Å². The van der Waals surface area contributed by atoms with Gasteiger partial charge in [-0.15, -0.1) is 0 Å². The zero-order valence-corrected chi connectivity index (χ0v) is 37.7. The van der Waals surface area contributed by atoms with E-state index in [-0.39, 0.29) is 17.1 Å². The summed E-state index contributed by atoms with van der Waals surface area (Å²) in [5.41, 5.74) is -1.57. The molecule has 0 fully saturated rings. The summed E-state index contributed by atoms with van der Waals surface area (Å²) in [5.74, 6) is 1.71. The number of hydrogen-bond acceptors (Lipinski definition) is 11. The molecule has 0 heterocycles. The second-order valence-corrected chi connectivity index (χ2v) is 15.9. The number of ether oxygens (including phenoxy) is 6. The number of carbonyl (C=O) groups excluding carboxylic acids is 1. The maximum atomic E-state index is 13.9. The Morgan fingerprint density at radius 1 is 0.444 bits per heavy atom. The monoisotopic (exact) mass is 868 g/mol. The van der Waals surface area contributed by atoms with Crippen molar-refractivity contribution in [3.8, 4) is 34.5 Å². The largest absolute Gasteiger partial charge is 0.490 e. The Morgan fingerprint density at radius 2 is 0.825 bits per heavy atom. The Kier molecular flexibility index (Phi) is 18.9. The minimum absolute atomic E-state index is 0.0431. The molecule has 0 aliphatic rings. The molecule has 0 aliphatic carbocycles. The summed E-state index contributed by atoms with van der Waals surface area (Å²) in [4.78, 5) is 35.9. The Balaban J connectivity index is 1.83. The van der Waals surface area contributed by atoms with Crippen LogP contribution >= 0.6 is 0 Å². The van der Waals surface area contributed by atoms with E-state index in [0.29, 0.717) is 61.4 Å². The maximum Gasteiger partial charge on any atom is 0.344 e. The van der Waals surface area contributed by atoms with Crippen LogP contribution in [-0.4, -0.2) is 48.9 Å². The molecule has 0 spiro atoms. The fourth-order valence-corrected chi connectivity index (χ4v) is 7.47. The highest BCUT2D eigenvalue weighted by atomic mass is 16.6. The summed E-state index contributed by atoms with van der Waals surface area (Å²) in [6.45, 7) is 13.0. The lowest BCUT2D eigenvalue weighted by Gasteiger charge is -2.21. The predicted octanol–water partition coefficient (Wildman–Crippen LogP) is 14.0. The minimum Gasteiger partial charge on any atom is -0.490 e. The van der Waals surface area contributed by atoms with Crippen molar-refractivity contribution in [2.75, 3.05) is 33.0 Å². The van der Waals surface area contributed by atoms with Crippen LogP contribution in [0.15, 0.2) is 54.6 Å². The van der Waals surface area contributed by atoms with Crippen molar-refractivity contribution in [3.05, 3.63) is 80.4 Å². The van der Waals surface area contributed by atoms with Crippen LogP contribution in [0.1, 0.15) is 141 Å². The number of nitro groups is 2. The first-order chi connectivity index (χ1) is 30.6. The number of fused-ring (bicyclic) bond motifs is 6. The third-order valence-electron chi connectivity index (χ3n) is 10.9. The van der Waals surface area contributed by atoms with Crippen molar-refractivity contribution >= 4 is 49.7 Å². The van der Waals surface area contributed by atoms with Gasteiger partial charge in [-0.25, -0.2) is 4.79 Å². The summed E-state index contributed by atoms with van der Waals surface area (Å²) in [5, 5.41) is 28.3.